The van der Waals surface area contributed by atoms with Crippen LogP contribution in [-0.4, -0.2) is 25.0 Å². The quantitative estimate of drug-likeness (QED) is 0.489. The molecule has 4 nitrogen and oxygen atoms in total. The number of nitrogens with one attached hydrogen (secondary N) is 1. The predicted molar refractivity (Wildman–Crippen MR) is 95.6 cm³/mol. The van der Waals surface area contributed by atoms with Crippen LogP contribution in [0, 0.1) is 6.92 Å². The van der Waals surface area contributed by atoms with Crippen molar-refractivity contribution < 1.29 is 9.53 Å². The van der Waals surface area contributed by atoms with Crippen LogP contribution in [0.3, 0.4) is 0 Å². The number of amides is 1. The van der Waals surface area contributed by atoms with Crippen molar-refractivity contribution in [2.45, 2.75) is 11.8 Å². The number of hydrogen-bond donors (Lipinski definition) is 1. The number of benzene rings is 2. The first-order valence-corrected chi connectivity index (χ1v) is 8.53. The molecule has 1 amide bonds. The molecule has 0 aliphatic heterocycles. The Morgan fingerprint density at radius 2 is 2.04 bits per heavy atom. The average molecular weight is 349 g/mol. The zero-order valence-electron chi connectivity index (χ0n) is 12.9. The molecule has 2 aromatic carbocycles. The zero-order valence-corrected chi connectivity index (χ0v) is 14.4. The second-order valence-electron chi connectivity index (χ2n) is 4.76. The molecule has 23 heavy (non-hydrogen) atoms. The molecule has 0 saturated heterocycles. The summed E-state index contributed by atoms with van der Waals surface area (Å²) in [6.07, 6.45) is 3.61. The van der Waals surface area contributed by atoms with Gasteiger partial charge in [0.15, 0.2) is 6.61 Å². The highest BCUT2D eigenvalue weighted by Crippen LogP contribution is 2.21. The van der Waals surface area contributed by atoms with Gasteiger partial charge in [-0.25, -0.2) is 5.43 Å². The number of rotatable bonds is 6. The van der Waals surface area contributed by atoms with E-state index in [1.165, 1.54) is 4.90 Å². The Labute approximate surface area is 144 Å². The van der Waals surface area contributed by atoms with E-state index in [4.69, 9.17) is 16.3 Å². The maximum absolute atomic E-state index is 11.7. The number of aryl methyl sites for hydroxylation is 1. The van der Waals surface area contributed by atoms with Crippen molar-refractivity contribution in [3.63, 3.8) is 0 Å². The van der Waals surface area contributed by atoms with Crippen LogP contribution in [0.15, 0.2) is 52.5 Å². The van der Waals surface area contributed by atoms with Gasteiger partial charge < -0.3 is 4.74 Å². The summed E-state index contributed by atoms with van der Waals surface area (Å²) < 4.78 is 5.44. The van der Waals surface area contributed by atoms with Crippen LogP contribution < -0.4 is 10.2 Å². The van der Waals surface area contributed by atoms with Gasteiger partial charge in [-0.2, -0.15) is 5.10 Å². The molecule has 2 aromatic rings. The fourth-order valence-electron chi connectivity index (χ4n) is 1.82. The molecule has 0 bridgehead atoms. The molecule has 6 heteroatoms. The molecule has 0 heterocycles. The second kappa shape index (κ2) is 8.60. The zero-order chi connectivity index (χ0) is 16.7. The second-order valence-corrected chi connectivity index (χ2v) is 6.08. The highest BCUT2D eigenvalue weighted by atomic mass is 35.5. The van der Waals surface area contributed by atoms with Crippen molar-refractivity contribution in [3.05, 3.63) is 58.6 Å². The van der Waals surface area contributed by atoms with Crippen molar-refractivity contribution in [1.82, 2.24) is 5.43 Å². The number of nitrogens with zero attached hydrogens (tertiary/aromatic N) is 1. The van der Waals surface area contributed by atoms with E-state index < -0.39 is 0 Å². The Morgan fingerprint density at radius 1 is 1.30 bits per heavy atom. The number of ether oxygens (including phenoxy) is 1. The molecular weight excluding hydrogens is 332 g/mol. The summed E-state index contributed by atoms with van der Waals surface area (Å²) in [5, 5.41) is 4.55. The molecule has 0 aliphatic rings. The fourth-order valence-corrected chi connectivity index (χ4v) is 2.45. The summed E-state index contributed by atoms with van der Waals surface area (Å²) in [4.78, 5) is 12.9. The molecule has 120 valence electrons. The van der Waals surface area contributed by atoms with E-state index in [2.05, 4.69) is 10.5 Å². The van der Waals surface area contributed by atoms with Gasteiger partial charge in [0.2, 0.25) is 0 Å². The number of halogens is 1. The number of hydrogen-bond acceptors (Lipinski definition) is 4. The van der Waals surface area contributed by atoms with Gasteiger partial charge in [0.05, 0.1) is 6.21 Å². The lowest BCUT2D eigenvalue weighted by Crippen LogP contribution is -2.24. The van der Waals surface area contributed by atoms with Crippen LogP contribution in [0.2, 0.25) is 5.02 Å². The minimum Gasteiger partial charge on any atom is -0.483 e. The molecule has 1 N–H and O–H groups in total. The van der Waals surface area contributed by atoms with Gasteiger partial charge in [0, 0.05) is 9.92 Å². The highest BCUT2D eigenvalue weighted by Gasteiger charge is 2.04. The van der Waals surface area contributed by atoms with Crippen LogP contribution in [-0.2, 0) is 4.79 Å². The van der Waals surface area contributed by atoms with Crippen molar-refractivity contribution in [3.8, 4) is 5.75 Å². The highest BCUT2D eigenvalue weighted by molar-refractivity contribution is 7.98. The number of carbonyl (C=O) groups is 1. The molecule has 0 aliphatic carbocycles. The van der Waals surface area contributed by atoms with E-state index in [9.17, 15) is 4.79 Å². The molecular formula is C17H17ClN2O2S. The molecule has 0 radical (unpaired) electrons. The van der Waals surface area contributed by atoms with E-state index in [0.717, 1.165) is 11.1 Å². The maximum Gasteiger partial charge on any atom is 0.277 e. The lowest BCUT2D eigenvalue weighted by Gasteiger charge is -2.08. The lowest BCUT2D eigenvalue weighted by molar-refractivity contribution is -0.123. The van der Waals surface area contributed by atoms with Gasteiger partial charge in [-0.3, -0.25) is 4.79 Å². The van der Waals surface area contributed by atoms with Crippen LogP contribution in [0.5, 0.6) is 5.75 Å². The number of hydrazone groups is 1. The monoisotopic (exact) mass is 348 g/mol. The van der Waals surface area contributed by atoms with Gasteiger partial charge in [0.25, 0.3) is 5.91 Å². The number of thioether (sulfide) groups is 1. The minimum absolute atomic E-state index is 0.106. The molecule has 0 aromatic heterocycles. The number of carbonyl (C=O) groups excluding carboxylic acids is 1. The third kappa shape index (κ3) is 5.62. The van der Waals surface area contributed by atoms with E-state index in [-0.39, 0.29) is 12.5 Å². The van der Waals surface area contributed by atoms with E-state index in [1.807, 2.05) is 37.4 Å². The Hall–Kier alpha value is -1.98. The summed E-state index contributed by atoms with van der Waals surface area (Å²) in [5.41, 5.74) is 4.23. The Morgan fingerprint density at radius 3 is 2.70 bits per heavy atom. The summed E-state index contributed by atoms with van der Waals surface area (Å²) >= 11 is 7.54. The normalized spacial score (nSPS) is 10.7. The lowest BCUT2D eigenvalue weighted by atomic mass is 10.2. The first-order valence-electron chi connectivity index (χ1n) is 6.93. The van der Waals surface area contributed by atoms with Crippen molar-refractivity contribution in [2.75, 3.05) is 12.9 Å². The van der Waals surface area contributed by atoms with Gasteiger partial charge in [0.1, 0.15) is 5.75 Å². The minimum atomic E-state index is -0.323. The molecule has 0 saturated carbocycles. The van der Waals surface area contributed by atoms with E-state index in [1.54, 1.807) is 36.2 Å². The largest absolute Gasteiger partial charge is 0.483 e. The first-order chi connectivity index (χ1) is 11.1. The summed E-state index contributed by atoms with van der Waals surface area (Å²) in [6, 6.07) is 13.1. The average Bonchev–Trinajstić information content (AvgIpc) is 2.54. The maximum atomic E-state index is 11.7. The smallest absolute Gasteiger partial charge is 0.277 e. The predicted octanol–water partition coefficient (Wildman–Crippen LogP) is 3.90. The van der Waals surface area contributed by atoms with Gasteiger partial charge in [-0.05, 0) is 54.6 Å². The Balaban J connectivity index is 1.81. The Bertz CT molecular complexity index is 702. The molecule has 0 spiro atoms. The third-order valence-corrected chi connectivity index (χ3v) is 3.99. The summed E-state index contributed by atoms with van der Waals surface area (Å²) in [6.45, 7) is 1.76. The van der Waals surface area contributed by atoms with Crippen LogP contribution in [0.4, 0.5) is 0 Å². The van der Waals surface area contributed by atoms with Crippen molar-refractivity contribution >= 4 is 35.5 Å². The topological polar surface area (TPSA) is 50.7 Å². The van der Waals surface area contributed by atoms with Crippen LogP contribution in [0.25, 0.3) is 0 Å². The Kier molecular flexibility index (Phi) is 6.50. The van der Waals surface area contributed by atoms with Crippen molar-refractivity contribution in [1.29, 1.82) is 0 Å². The van der Waals surface area contributed by atoms with Gasteiger partial charge >= 0.3 is 0 Å². The van der Waals surface area contributed by atoms with Crippen molar-refractivity contribution in [2.24, 2.45) is 5.10 Å². The third-order valence-electron chi connectivity index (χ3n) is 3.01. The van der Waals surface area contributed by atoms with Gasteiger partial charge in [-0.15, -0.1) is 11.8 Å². The van der Waals surface area contributed by atoms with E-state index in [0.29, 0.717) is 10.8 Å². The molecule has 0 unspecified atom stereocenters. The van der Waals surface area contributed by atoms with E-state index >= 15 is 0 Å². The van der Waals surface area contributed by atoms with Gasteiger partial charge in [-0.1, -0.05) is 23.7 Å². The first kappa shape index (κ1) is 17.4. The summed E-state index contributed by atoms with van der Waals surface area (Å²) in [7, 11) is 0. The molecule has 0 fully saturated rings. The summed E-state index contributed by atoms with van der Waals surface area (Å²) in [5.74, 6) is 0.303. The molecule has 2 rings (SSSR count). The SMILES string of the molecule is CSc1ccc(C=NNC(=O)COc2ccc(Cl)cc2C)cc1. The van der Waals surface area contributed by atoms with Crippen LogP contribution in [0.1, 0.15) is 11.1 Å². The fraction of sp³-hybridized carbons (Fsp3) is 0.176. The standard InChI is InChI=1S/C17H17ClN2O2S/c1-12-9-14(18)5-8-16(12)22-11-17(21)20-19-10-13-3-6-15(23-2)7-4-13/h3-10H,11H2,1-2H3,(H,20,21). The molecule has 0 atom stereocenters. The van der Waals surface area contributed by atoms with Crippen LogP contribution >= 0.6 is 23.4 Å².